The van der Waals surface area contributed by atoms with Crippen LogP contribution in [-0.2, 0) is 0 Å². The molecule has 14 heavy (non-hydrogen) atoms. The number of hydrogen-bond acceptors (Lipinski definition) is 2. The van der Waals surface area contributed by atoms with Gasteiger partial charge in [-0.25, -0.2) is 4.79 Å². The number of nitrogens with zero attached hydrogens (tertiary/aromatic N) is 1. The summed E-state index contributed by atoms with van der Waals surface area (Å²) < 4.78 is 0. The Morgan fingerprint density at radius 2 is 2.36 bits per heavy atom. The number of nitrogens with one attached hydrogen (secondary N) is 2. The van der Waals surface area contributed by atoms with Crippen LogP contribution >= 0.6 is 11.6 Å². The van der Waals surface area contributed by atoms with Crippen LogP contribution in [0.1, 0.15) is 0 Å². The number of aromatic nitrogens is 2. The molecule has 2 amide bonds. The van der Waals surface area contributed by atoms with E-state index in [4.69, 9.17) is 17.3 Å². The lowest BCUT2D eigenvalue weighted by atomic mass is 10.2. The predicted octanol–water partition coefficient (Wildman–Crippen LogP) is 1.71. The average Bonchev–Trinajstić information content (AvgIpc) is 2.47. The number of fused-ring (bicyclic) bond motifs is 1. The minimum Gasteiger partial charge on any atom is -0.351 e. The molecule has 5 nitrogen and oxygen atoms in total. The van der Waals surface area contributed by atoms with Crippen molar-refractivity contribution >= 4 is 34.4 Å². The summed E-state index contributed by atoms with van der Waals surface area (Å²) in [6.45, 7) is 0. The molecule has 0 fully saturated rings. The van der Waals surface area contributed by atoms with Gasteiger partial charge in [-0.15, -0.1) is 0 Å². The number of aromatic amines is 1. The SMILES string of the molecule is NC(=O)Nc1n[nH]c2cc(Cl)ccc12. The van der Waals surface area contributed by atoms with Crippen LogP contribution in [0.4, 0.5) is 10.6 Å². The Bertz CT molecular complexity index is 493. The van der Waals surface area contributed by atoms with Gasteiger partial charge in [0, 0.05) is 10.4 Å². The molecule has 6 heteroatoms. The Hall–Kier alpha value is -1.75. The van der Waals surface area contributed by atoms with Gasteiger partial charge in [-0.3, -0.25) is 10.4 Å². The van der Waals surface area contributed by atoms with Crippen LogP contribution in [0.3, 0.4) is 0 Å². The maximum absolute atomic E-state index is 10.6. The van der Waals surface area contributed by atoms with Gasteiger partial charge in [0.25, 0.3) is 0 Å². The van der Waals surface area contributed by atoms with Gasteiger partial charge >= 0.3 is 6.03 Å². The van der Waals surface area contributed by atoms with Crippen molar-refractivity contribution in [1.29, 1.82) is 0 Å². The number of rotatable bonds is 1. The third-order valence-electron chi connectivity index (χ3n) is 1.77. The van der Waals surface area contributed by atoms with Crippen molar-refractivity contribution in [3.8, 4) is 0 Å². The summed E-state index contributed by atoms with van der Waals surface area (Å²) in [5.74, 6) is 0.407. The lowest BCUT2D eigenvalue weighted by Gasteiger charge is -1.96. The predicted molar refractivity (Wildman–Crippen MR) is 54.3 cm³/mol. The molecule has 2 rings (SSSR count). The molecule has 0 saturated heterocycles. The Morgan fingerprint density at radius 3 is 3.07 bits per heavy atom. The van der Waals surface area contributed by atoms with Crippen molar-refractivity contribution in [3.63, 3.8) is 0 Å². The summed E-state index contributed by atoms with van der Waals surface area (Å²) in [6, 6.07) is 4.54. The molecular weight excluding hydrogens is 204 g/mol. The summed E-state index contributed by atoms with van der Waals surface area (Å²) in [5, 5.41) is 10.4. The van der Waals surface area contributed by atoms with Crippen molar-refractivity contribution in [2.75, 3.05) is 5.32 Å². The van der Waals surface area contributed by atoms with E-state index in [1.165, 1.54) is 0 Å². The van der Waals surface area contributed by atoms with Crippen LogP contribution in [0.25, 0.3) is 10.9 Å². The maximum atomic E-state index is 10.6. The number of urea groups is 1. The zero-order valence-corrected chi connectivity index (χ0v) is 7.80. The lowest BCUT2D eigenvalue weighted by Crippen LogP contribution is -2.19. The molecule has 1 heterocycles. The van der Waals surface area contributed by atoms with Crippen LogP contribution in [-0.4, -0.2) is 16.2 Å². The van der Waals surface area contributed by atoms with E-state index in [0.717, 1.165) is 10.9 Å². The van der Waals surface area contributed by atoms with E-state index in [1.807, 2.05) is 0 Å². The molecule has 0 unspecified atom stereocenters. The van der Waals surface area contributed by atoms with Crippen molar-refractivity contribution in [2.45, 2.75) is 0 Å². The van der Waals surface area contributed by atoms with Crippen LogP contribution in [0.15, 0.2) is 18.2 Å². The second-order valence-corrected chi connectivity index (χ2v) is 3.19. The van der Waals surface area contributed by atoms with Crippen molar-refractivity contribution in [1.82, 2.24) is 10.2 Å². The third kappa shape index (κ3) is 1.49. The number of nitrogens with two attached hydrogens (primary N) is 1. The van der Waals surface area contributed by atoms with E-state index < -0.39 is 6.03 Å². The minimum absolute atomic E-state index is 0.407. The molecule has 2 aromatic rings. The third-order valence-corrected chi connectivity index (χ3v) is 2.00. The topological polar surface area (TPSA) is 83.8 Å². The molecule has 1 aromatic heterocycles. The molecule has 1 aromatic carbocycles. The number of carbonyl (C=O) groups excluding carboxylic acids is 1. The van der Waals surface area contributed by atoms with E-state index in [2.05, 4.69) is 15.5 Å². The van der Waals surface area contributed by atoms with Gasteiger partial charge in [0.1, 0.15) is 0 Å². The highest BCUT2D eigenvalue weighted by atomic mass is 35.5. The number of H-pyrrole nitrogens is 1. The first kappa shape index (κ1) is 8.83. The largest absolute Gasteiger partial charge is 0.351 e. The maximum Gasteiger partial charge on any atom is 0.317 e. The number of primary amides is 1. The molecule has 0 saturated carbocycles. The fourth-order valence-corrected chi connectivity index (χ4v) is 1.38. The number of carbonyl (C=O) groups is 1. The Kier molecular flexibility index (Phi) is 2.01. The van der Waals surface area contributed by atoms with Gasteiger partial charge in [-0.1, -0.05) is 11.6 Å². The molecule has 0 aliphatic carbocycles. The summed E-state index contributed by atoms with van der Waals surface area (Å²) in [4.78, 5) is 10.6. The van der Waals surface area contributed by atoms with E-state index in [0.29, 0.717) is 10.8 Å². The molecule has 0 atom stereocenters. The van der Waals surface area contributed by atoms with Crippen LogP contribution in [0.5, 0.6) is 0 Å². The standard InChI is InChI=1S/C8H7ClN4O/c9-4-1-2-5-6(3-4)12-13-7(5)11-8(10)14/h1-3H,(H4,10,11,12,13,14). The zero-order valence-electron chi connectivity index (χ0n) is 7.04. The fourth-order valence-electron chi connectivity index (χ4n) is 1.20. The molecule has 0 radical (unpaired) electrons. The molecule has 72 valence electrons. The minimum atomic E-state index is -0.645. The normalized spacial score (nSPS) is 10.4. The quantitative estimate of drug-likeness (QED) is 0.670. The summed E-state index contributed by atoms with van der Waals surface area (Å²) in [5.41, 5.74) is 5.73. The summed E-state index contributed by atoms with van der Waals surface area (Å²) in [6.07, 6.45) is 0. The Morgan fingerprint density at radius 1 is 1.57 bits per heavy atom. The Balaban J connectivity index is 2.52. The second kappa shape index (κ2) is 3.19. The average molecular weight is 211 g/mol. The summed E-state index contributed by atoms with van der Waals surface area (Å²) in [7, 11) is 0. The number of amides is 2. The molecular formula is C8H7ClN4O. The summed E-state index contributed by atoms with van der Waals surface area (Å²) >= 11 is 5.77. The highest BCUT2D eigenvalue weighted by Crippen LogP contribution is 2.23. The van der Waals surface area contributed by atoms with Gasteiger partial charge in [-0.2, -0.15) is 5.10 Å². The van der Waals surface area contributed by atoms with Crippen molar-refractivity contribution < 1.29 is 4.79 Å². The van der Waals surface area contributed by atoms with E-state index >= 15 is 0 Å². The number of benzene rings is 1. The molecule has 0 aliphatic rings. The van der Waals surface area contributed by atoms with E-state index in [1.54, 1.807) is 18.2 Å². The second-order valence-electron chi connectivity index (χ2n) is 2.75. The monoisotopic (exact) mass is 210 g/mol. The van der Waals surface area contributed by atoms with Crippen LogP contribution in [0.2, 0.25) is 5.02 Å². The zero-order chi connectivity index (χ0) is 10.1. The van der Waals surface area contributed by atoms with Gasteiger partial charge < -0.3 is 5.73 Å². The Labute approximate surface area is 84.2 Å². The number of halogens is 1. The lowest BCUT2D eigenvalue weighted by molar-refractivity contribution is 0.259. The van der Waals surface area contributed by atoms with Crippen molar-refractivity contribution in [3.05, 3.63) is 23.2 Å². The number of hydrogen-bond donors (Lipinski definition) is 3. The van der Waals surface area contributed by atoms with E-state index in [9.17, 15) is 4.79 Å². The first-order valence-corrected chi connectivity index (χ1v) is 4.24. The van der Waals surface area contributed by atoms with Gasteiger partial charge in [0.05, 0.1) is 5.52 Å². The number of anilines is 1. The van der Waals surface area contributed by atoms with Gasteiger partial charge in [-0.05, 0) is 18.2 Å². The van der Waals surface area contributed by atoms with Crippen LogP contribution < -0.4 is 11.1 Å². The van der Waals surface area contributed by atoms with Crippen molar-refractivity contribution in [2.24, 2.45) is 5.73 Å². The van der Waals surface area contributed by atoms with E-state index in [-0.39, 0.29) is 0 Å². The molecule has 0 spiro atoms. The molecule has 0 bridgehead atoms. The molecule has 4 N–H and O–H groups in total. The van der Waals surface area contributed by atoms with Crippen LogP contribution in [0, 0.1) is 0 Å². The fraction of sp³-hybridized carbons (Fsp3) is 0. The van der Waals surface area contributed by atoms with Gasteiger partial charge in [0.15, 0.2) is 5.82 Å². The smallest absolute Gasteiger partial charge is 0.317 e. The first-order valence-electron chi connectivity index (χ1n) is 3.87. The first-order chi connectivity index (χ1) is 6.66. The van der Waals surface area contributed by atoms with Gasteiger partial charge in [0.2, 0.25) is 0 Å². The molecule has 0 aliphatic heterocycles. The highest BCUT2D eigenvalue weighted by molar-refractivity contribution is 6.31. The highest BCUT2D eigenvalue weighted by Gasteiger charge is 2.06.